The van der Waals surface area contributed by atoms with Crippen LogP contribution in [0.2, 0.25) is 0 Å². The van der Waals surface area contributed by atoms with Gasteiger partial charge < -0.3 is 14.9 Å². The average Bonchev–Trinajstić information content (AvgIpc) is 2.69. The quantitative estimate of drug-likeness (QED) is 0.510. The first-order valence-corrected chi connectivity index (χ1v) is 10.1. The van der Waals surface area contributed by atoms with E-state index in [4.69, 9.17) is 9.84 Å². The molecule has 0 saturated carbocycles. The number of hydrogen-bond donors (Lipinski definition) is 2. The summed E-state index contributed by atoms with van der Waals surface area (Å²) in [5.41, 5.74) is 1.07. The molecule has 142 valence electrons. The zero-order chi connectivity index (χ0) is 19.1. The third-order valence-corrected chi connectivity index (χ3v) is 5.87. The predicted octanol–water partition coefficient (Wildman–Crippen LogP) is 4.69. The van der Waals surface area contributed by atoms with E-state index in [1.54, 1.807) is 0 Å². The Hall–Kier alpha value is -2.24. The third-order valence-electron chi connectivity index (χ3n) is 4.70. The van der Waals surface area contributed by atoms with Gasteiger partial charge in [0.15, 0.2) is 0 Å². The number of cyclic esters (lactones) is 1. The van der Waals surface area contributed by atoms with E-state index in [1.165, 1.54) is 11.8 Å². The molecule has 0 aromatic heterocycles. The van der Waals surface area contributed by atoms with Crippen molar-refractivity contribution >= 4 is 17.7 Å². The molecule has 27 heavy (non-hydrogen) atoms. The molecule has 2 aromatic rings. The van der Waals surface area contributed by atoms with E-state index in [0.29, 0.717) is 25.0 Å². The zero-order valence-electron chi connectivity index (χ0n) is 15.1. The summed E-state index contributed by atoms with van der Waals surface area (Å²) in [7, 11) is 0. The zero-order valence-corrected chi connectivity index (χ0v) is 16.0. The highest BCUT2D eigenvalue weighted by Crippen LogP contribution is 2.44. The molecule has 4 nitrogen and oxygen atoms in total. The monoisotopic (exact) mass is 384 g/mol. The van der Waals surface area contributed by atoms with Gasteiger partial charge in [0, 0.05) is 12.4 Å². The van der Waals surface area contributed by atoms with Gasteiger partial charge in [-0.25, -0.2) is 4.79 Å². The summed E-state index contributed by atoms with van der Waals surface area (Å²) in [6.07, 6.45) is 2.15. The van der Waals surface area contributed by atoms with Crippen molar-refractivity contribution in [1.29, 1.82) is 0 Å². The summed E-state index contributed by atoms with van der Waals surface area (Å²) in [4.78, 5) is 13.0. The van der Waals surface area contributed by atoms with Gasteiger partial charge in [-0.15, -0.1) is 11.8 Å². The van der Waals surface area contributed by atoms with Crippen molar-refractivity contribution in [3.8, 4) is 0 Å². The molecular weight excluding hydrogens is 360 g/mol. The lowest BCUT2D eigenvalue weighted by atomic mass is 9.83. The standard InChI is InChI=1S/C22H24O4S/c23-14-8-7-13-22(18-11-5-2-6-12-18)15-19(24)20(21(25)26-22)27-16-17-9-3-1-4-10-17/h1-6,9-12,23-24H,7-8,13-16H2. The second-order valence-electron chi connectivity index (χ2n) is 6.66. The van der Waals surface area contributed by atoms with Crippen molar-refractivity contribution in [1.82, 2.24) is 0 Å². The summed E-state index contributed by atoms with van der Waals surface area (Å²) in [5, 5.41) is 19.8. The van der Waals surface area contributed by atoms with Gasteiger partial charge in [0.1, 0.15) is 16.3 Å². The average molecular weight is 384 g/mol. The Morgan fingerprint density at radius 1 is 1.00 bits per heavy atom. The molecule has 2 N–H and O–H groups in total. The second-order valence-corrected chi connectivity index (χ2v) is 7.64. The first kappa shape index (κ1) is 19.5. The third kappa shape index (κ3) is 4.73. The maximum Gasteiger partial charge on any atom is 0.348 e. The number of aliphatic hydroxyl groups excluding tert-OH is 2. The first-order valence-electron chi connectivity index (χ1n) is 9.13. The smallest absolute Gasteiger partial charge is 0.348 e. The fourth-order valence-electron chi connectivity index (χ4n) is 3.31. The highest BCUT2D eigenvalue weighted by Gasteiger charge is 2.43. The Balaban J connectivity index is 1.82. The fraction of sp³-hybridized carbons (Fsp3) is 0.318. The number of unbranched alkanes of at least 4 members (excludes halogenated alkanes) is 1. The van der Waals surface area contributed by atoms with Gasteiger partial charge in [0.05, 0.1) is 6.42 Å². The Kier molecular flexibility index (Phi) is 6.58. The molecule has 0 bridgehead atoms. The van der Waals surface area contributed by atoms with Gasteiger partial charge in [-0.3, -0.25) is 0 Å². The van der Waals surface area contributed by atoms with Crippen LogP contribution in [0.15, 0.2) is 71.3 Å². The number of hydrogen-bond acceptors (Lipinski definition) is 5. The van der Waals surface area contributed by atoms with E-state index in [9.17, 15) is 9.90 Å². The number of esters is 1. The molecule has 0 radical (unpaired) electrons. The number of aliphatic hydroxyl groups is 2. The lowest BCUT2D eigenvalue weighted by Crippen LogP contribution is -2.37. The molecule has 0 aliphatic carbocycles. The van der Waals surface area contributed by atoms with E-state index < -0.39 is 11.6 Å². The molecule has 5 heteroatoms. The summed E-state index contributed by atoms with van der Waals surface area (Å²) in [6, 6.07) is 19.4. The van der Waals surface area contributed by atoms with Crippen molar-refractivity contribution in [2.75, 3.05) is 6.61 Å². The van der Waals surface area contributed by atoms with Crippen LogP contribution in [0.1, 0.15) is 36.8 Å². The first-order chi connectivity index (χ1) is 13.1. The van der Waals surface area contributed by atoms with Crippen molar-refractivity contribution in [3.63, 3.8) is 0 Å². The van der Waals surface area contributed by atoms with Crippen LogP contribution in [0.3, 0.4) is 0 Å². The number of thioether (sulfide) groups is 1. The highest BCUT2D eigenvalue weighted by molar-refractivity contribution is 8.03. The number of carbonyl (C=O) groups excluding carboxylic acids is 1. The van der Waals surface area contributed by atoms with Gasteiger partial charge in [-0.05, 0) is 30.4 Å². The number of ether oxygens (including phenoxy) is 1. The van der Waals surface area contributed by atoms with Crippen molar-refractivity contribution in [2.45, 2.75) is 37.0 Å². The second kappa shape index (κ2) is 9.11. The molecule has 1 heterocycles. The van der Waals surface area contributed by atoms with Crippen LogP contribution in [-0.4, -0.2) is 22.8 Å². The SMILES string of the molecule is O=C1OC(CCCCO)(c2ccccc2)CC(O)=C1SCc1ccccc1. The van der Waals surface area contributed by atoms with Crippen LogP contribution < -0.4 is 0 Å². The molecule has 0 saturated heterocycles. The van der Waals surface area contributed by atoms with Crippen LogP contribution >= 0.6 is 11.8 Å². The molecule has 2 aromatic carbocycles. The minimum Gasteiger partial charge on any atom is -0.511 e. The predicted molar refractivity (Wildman–Crippen MR) is 107 cm³/mol. The molecule has 0 spiro atoms. The molecule has 1 atom stereocenters. The Labute approximate surface area is 163 Å². The Morgan fingerprint density at radius 2 is 1.67 bits per heavy atom. The molecule has 3 rings (SSSR count). The van der Waals surface area contributed by atoms with Crippen LogP contribution in [0.5, 0.6) is 0 Å². The van der Waals surface area contributed by atoms with E-state index in [1.807, 2.05) is 60.7 Å². The lowest BCUT2D eigenvalue weighted by Gasteiger charge is -2.37. The van der Waals surface area contributed by atoms with Crippen LogP contribution in [-0.2, 0) is 20.9 Å². The van der Waals surface area contributed by atoms with Gasteiger partial charge >= 0.3 is 5.97 Å². The van der Waals surface area contributed by atoms with Crippen LogP contribution in [0.4, 0.5) is 0 Å². The molecule has 0 amide bonds. The Morgan fingerprint density at radius 3 is 2.30 bits per heavy atom. The van der Waals surface area contributed by atoms with E-state index in [2.05, 4.69) is 0 Å². The summed E-state index contributed by atoms with van der Waals surface area (Å²) >= 11 is 1.31. The largest absolute Gasteiger partial charge is 0.511 e. The van der Waals surface area contributed by atoms with Crippen molar-refractivity contribution < 1.29 is 19.7 Å². The van der Waals surface area contributed by atoms with E-state index in [0.717, 1.165) is 11.1 Å². The minimum atomic E-state index is -0.881. The molecule has 1 unspecified atom stereocenters. The summed E-state index contributed by atoms with van der Waals surface area (Å²) in [5.74, 6) is 0.200. The number of rotatable bonds is 8. The van der Waals surface area contributed by atoms with Crippen LogP contribution in [0, 0.1) is 0 Å². The van der Waals surface area contributed by atoms with E-state index >= 15 is 0 Å². The number of carbonyl (C=O) groups is 1. The maximum absolute atomic E-state index is 12.7. The highest BCUT2D eigenvalue weighted by atomic mass is 32.2. The van der Waals surface area contributed by atoms with Gasteiger partial charge in [-0.2, -0.15) is 0 Å². The van der Waals surface area contributed by atoms with Crippen molar-refractivity contribution in [3.05, 3.63) is 82.5 Å². The van der Waals surface area contributed by atoms with Gasteiger partial charge in [0.2, 0.25) is 0 Å². The number of benzene rings is 2. The summed E-state index contributed by atoms with van der Waals surface area (Å²) < 4.78 is 5.92. The lowest BCUT2D eigenvalue weighted by molar-refractivity contribution is -0.160. The Bertz CT molecular complexity index is 788. The topological polar surface area (TPSA) is 66.8 Å². The molecule has 0 fully saturated rings. The van der Waals surface area contributed by atoms with Gasteiger partial charge in [0.25, 0.3) is 0 Å². The molecule has 1 aliphatic heterocycles. The van der Waals surface area contributed by atoms with E-state index in [-0.39, 0.29) is 23.7 Å². The van der Waals surface area contributed by atoms with Gasteiger partial charge in [-0.1, -0.05) is 60.7 Å². The maximum atomic E-state index is 12.7. The summed E-state index contributed by atoms with van der Waals surface area (Å²) in [6.45, 7) is 0.0960. The molecular formula is C22H24O4S. The fourth-order valence-corrected chi connectivity index (χ4v) is 4.21. The van der Waals surface area contributed by atoms with Crippen LogP contribution in [0.25, 0.3) is 0 Å². The van der Waals surface area contributed by atoms with Crippen molar-refractivity contribution in [2.24, 2.45) is 0 Å². The molecule has 1 aliphatic rings. The minimum absolute atomic E-state index is 0.0834. The normalized spacial score (nSPS) is 19.8.